The van der Waals surface area contributed by atoms with Gasteiger partial charge in [0.2, 0.25) is 0 Å². The summed E-state index contributed by atoms with van der Waals surface area (Å²) in [6, 6.07) is 0. The molecule has 7 aliphatic rings. The van der Waals surface area contributed by atoms with Crippen molar-refractivity contribution in [1.29, 1.82) is 0 Å². The maximum Gasteiger partial charge on any atom is 0.293 e. The molecule has 0 aromatic carbocycles. The van der Waals surface area contributed by atoms with Gasteiger partial charge in [-0.25, -0.2) is 4.39 Å². The van der Waals surface area contributed by atoms with Gasteiger partial charge in [0.15, 0.2) is 0 Å². The number of carbonyl (C=O) groups excluding carboxylic acids is 1. The Bertz CT molecular complexity index is 1490. The molecule has 0 spiro atoms. The second kappa shape index (κ2) is 14.0. The summed E-state index contributed by atoms with van der Waals surface area (Å²) in [5, 5.41) is 4.07. The number of carbonyl (C=O) groups is 1. The van der Waals surface area contributed by atoms with Gasteiger partial charge in [-0.2, -0.15) is 0 Å². The van der Waals surface area contributed by atoms with E-state index in [9.17, 15) is 17.9 Å². The molecule has 0 bridgehead atoms. The predicted molar refractivity (Wildman–Crippen MR) is 207 cm³/mol. The van der Waals surface area contributed by atoms with Gasteiger partial charge in [-0.1, -0.05) is 70.0 Å². The van der Waals surface area contributed by atoms with Gasteiger partial charge in [0.05, 0.1) is 0 Å². The van der Waals surface area contributed by atoms with Crippen LogP contribution in [0.25, 0.3) is 0 Å². The number of hydrogen-bond acceptors (Lipinski definition) is 6. The van der Waals surface area contributed by atoms with Crippen LogP contribution in [0, 0.1) is 51.2 Å². The van der Waals surface area contributed by atoms with Crippen molar-refractivity contribution in [1.82, 2.24) is 10.2 Å². The normalized spacial score (nSPS) is 45.3. The van der Waals surface area contributed by atoms with E-state index >= 15 is 0 Å². The van der Waals surface area contributed by atoms with E-state index in [0.717, 1.165) is 51.9 Å². The fourth-order valence-electron chi connectivity index (χ4n) is 14.9. The van der Waals surface area contributed by atoms with Crippen molar-refractivity contribution in [3.63, 3.8) is 0 Å². The van der Waals surface area contributed by atoms with E-state index in [1.54, 1.807) is 0 Å². The number of alkyl halides is 1. The number of fused-ring (bicyclic) bond motifs is 7. The molecule has 7 rings (SSSR count). The second-order valence-electron chi connectivity index (χ2n) is 20.1. The highest BCUT2D eigenvalue weighted by Crippen LogP contribution is 2.76. The molecule has 4 saturated carbocycles. The second-order valence-corrected chi connectivity index (χ2v) is 21.3. The SMILES string of the molecule is C=C(C)[C@@H]1CC[C@]2(NCCN3CCC(S(=O)[O-])CC3)CC[C@]3(C)[C@H](CC[C@@H]4[C@@]5(C)CC=C(C6=CCC(CF)(OC=O)CC6)C(C)(C)[C@@H]5CC[C@]43C)[C@@H]12. The average Bonchev–Trinajstić information content (AvgIpc) is 3.49. The Kier molecular flexibility index (Phi) is 10.5. The van der Waals surface area contributed by atoms with Crippen LogP contribution in [0.2, 0.25) is 0 Å². The molecule has 0 amide bonds. The molecule has 5 fully saturated rings. The number of allylic oxidation sites excluding steroid dienone is 4. The summed E-state index contributed by atoms with van der Waals surface area (Å²) in [7, 11) is 0. The van der Waals surface area contributed by atoms with Crippen molar-refractivity contribution in [2.45, 2.75) is 148 Å². The Morgan fingerprint density at radius 1 is 0.981 bits per heavy atom. The van der Waals surface area contributed by atoms with Gasteiger partial charge < -0.3 is 19.5 Å². The molecule has 6 aliphatic carbocycles. The van der Waals surface area contributed by atoms with E-state index in [1.807, 2.05) is 0 Å². The van der Waals surface area contributed by atoms with Crippen molar-refractivity contribution in [2.75, 3.05) is 32.9 Å². The highest BCUT2D eigenvalue weighted by Gasteiger charge is 2.70. The Labute approximate surface area is 316 Å². The molecule has 11 atom stereocenters. The van der Waals surface area contributed by atoms with Crippen molar-refractivity contribution in [3.8, 4) is 0 Å². The van der Waals surface area contributed by atoms with Gasteiger partial charge in [-0.15, -0.1) is 0 Å². The number of hydrogen-bond donors (Lipinski definition) is 1. The molecule has 1 N–H and O–H groups in total. The quantitative estimate of drug-likeness (QED) is 0.137. The Hall–Kier alpha value is -1.35. The van der Waals surface area contributed by atoms with Crippen molar-refractivity contribution in [2.24, 2.45) is 51.2 Å². The first kappa shape index (κ1) is 38.9. The summed E-state index contributed by atoms with van der Waals surface area (Å²) in [5.74, 6) is 3.14. The molecule has 1 aliphatic heterocycles. The average molecular weight is 740 g/mol. The number of nitrogens with zero attached hydrogens (tertiary/aromatic N) is 1. The van der Waals surface area contributed by atoms with E-state index < -0.39 is 23.4 Å². The van der Waals surface area contributed by atoms with Crippen molar-refractivity contribution in [3.05, 3.63) is 35.5 Å². The van der Waals surface area contributed by atoms with E-state index in [0.29, 0.717) is 48.9 Å². The van der Waals surface area contributed by atoms with Gasteiger partial charge in [0, 0.05) is 30.3 Å². The Morgan fingerprint density at radius 3 is 2.37 bits per heavy atom. The van der Waals surface area contributed by atoms with E-state index in [1.165, 1.54) is 68.1 Å². The van der Waals surface area contributed by atoms with E-state index in [-0.39, 0.29) is 32.4 Å². The summed E-state index contributed by atoms with van der Waals surface area (Å²) >= 11 is -1.95. The van der Waals surface area contributed by atoms with Gasteiger partial charge in [0.25, 0.3) is 6.47 Å². The minimum absolute atomic E-state index is 0.0304. The lowest BCUT2D eigenvalue weighted by Gasteiger charge is -2.72. The standard InChI is InChI=1S/C44H69FN2O4S/c1-30(2)33-12-21-44(46-24-27-47-25-15-32(16-26-47)52(49)50)23-22-41(6)35(38(33)44)8-9-37-40(5)17-13-34(39(3,4)36(40)14-18-42(37,41)7)31-10-19-43(28-45,20-11-31)51-29-48/h10,13,29,32-33,35-38,46H,1,8-9,11-12,14-28H2,2-7H3,(H,49,50)/p-1/t33-,35+,36-,37+,38+,40-,41+,42+,43?,44-/m0/s1. The van der Waals surface area contributed by atoms with Crippen LogP contribution in [-0.4, -0.2) is 69.4 Å². The third kappa shape index (κ3) is 6.00. The first-order chi connectivity index (χ1) is 24.6. The molecule has 8 heteroatoms. The van der Waals surface area contributed by atoms with E-state index in [2.05, 4.69) is 70.5 Å². The lowest BCUT2D eigenvalue weighted by Crippen LogP contribution is -2.68. The van der Waals surface area contributed by atoms with Crippen LogP contribution in [-0.2, 0) is 20.6 Å². The fourth-order valence-corrected chi connectivity index (χ4v) is 15.5. The maximum atomic E-state index is 14.0. The van der Waals surface area contributed by atoms with Crippen LogP contribution in [0.15, 0.2) is 35.5 Å². The summed E-state index contributed by atoms with van der Waals surface area (Å²) in [5.41, 5.74) is 4.18. The monoisotopic (exact) mass is 739 g/mol. The van der Waals surface area contributed by atoms with Crippen LogP contribution in [0.3, 0.4) is 0 Å². The zero-order valence-corrected chi connectivity index (χ0v) is 34.0. The lowest BCUT2D eigenvalue weighted by atomic mass is 9.33. The van der Waals surface area contributed by atoms with Gasteiger partial charge in [-0.05, 0) is 166 Å². The summed E-state index contributed by atoms with van der Waals surface area (Å²) in [6.45, 7) is 23.5. The highest BCUT2D eigenvalue weighted by atomic mass is 32.2. The predicted octanol–water partition coefficient (Wildman–Crippen LogP) is 8.86. The molecule has 0 aromatic rings. The number of likely N-dealkylation sites (tertiary alicyclic amines) is 1. The van der Waals surface area contributed by atoms with Crippen LogP contribution < -0.4 is 5.32 Å². The lowest BCUT2D eigenvalue weighted by molar-refractivity contribution is -0.221. The zero-order chi connectivity index (χ0) is 37.3. The number of ether oxygens (including phenoxy) is 1. The van der Waals surface area contributed by atoms with Gasteiger partial charge in [0.1, 0.15) is 12.3 Å². The summed E-state index contributed by atoms with van der Waals surface area (Å²) in [4.78, 5) is 13.6. The number of nitrogens with one attached hydrogen (secondary N) is 1. The third-order valence-electron chi connectivity index (χ3n) is 17.8. The smallest absolute Gasteiger partial charge is 0.293 e. The molecule has 0 radical (unpaired) electrons. The number of rotatable bonds is 10. The molecule has 2 unspecified atom stereocenters. The first-order valence-corrected chi connectivity index (χ1v) is 22.0. The van der Waals surface area contributed by atoms with Crippen LogP contribution in [0.5, 0.6) is 0 Å². The first-order valence-electron chi connectivity index (χ1n) is 20.9. The topological polar surface area (TPSA) is 81.7 Å². The molecule has 292 valence electrons. The largest absolute Gasteiger partial charge is 0.772 e. The molecule has 0 aromatic heterocycles. The molecule has 1 saturated heterocycles. The third-order valence-corrected chi connectivity index (χ3v) is 18.8. The number of piperidine rings is 1. The van der Waals surface area contributed by atoms with Crippen molar-refractivity contribution < 1.29 is 22.7 Å². The van der Waals surface area contributed by atoms with Gasteiger partial charge >= 0.3 is 0 Å². The van der Waals surface area contributed by atoms with E-state index in [4.69, 9.17) is 4.74 Å². The van der Waals surface area contributed by atoms with Crippen molar-refractivity contribution >= 4 is 17.6 Å². The molecule has 52 heavy (non-hydrogen) atoms. The fraction of sp³-hybridized carbons (Fsp3) is 0.841. The number of halogens is 1. The highest BCUT2D eigenvalue weighted by molar-refractivity contribution is 7.79. The summed E-state index contributed by atoms with van der Waals surface area (Å²) in [6.07, 6.45) is 19.3. The molecule has 6 nitrogen and oxygen atoms in total. The summed E-state index contributed by atoms with van der Waals surface area (Å²) < 4.78 is 42.3. The molecular weight excluding hydrogens is 672 g/mol. The Balaban J connectivity index is 1.11. The minimum Gasteiger partial charge on any atom is -0.772 e. The van der Waals surface area contributed by atoms with Crippen LogP contribution >= 0.6 is 0 Å². The zero-order valence-electron chi connectivity index (χ0n) is 33.2. The maximum absolute atomic E-state index is 14.0. The molecular formula is C44H68FN2O4S-. The minimum atomic E-state index is -1.95. The van der Waals surface area contributed by atoms with Crippen LogP contribution in [0.1, 0.15) is 131 Å². The molecule has 1 heterocycles. The van der Waals surface area contributed by atoms with Gasteiger partial charge in [-0.3, -0.25) is 9.00 Å². The Morgan fingerprint density at radius 2 is 1.73 bits per heavy atom. The van der Waals surface area contributed by atoms with Crippen LogP contribution in [0.4, 0.5) is 4.39 Å².